The number of rotatable bonds is 5. The number of aromatic amines is 1. The summed E-state index contributed by atoms with van der Waals surface area (Å²) >= 11 is 1.33. The van der Waals surface area contributed by atoms with Crippen molar-refractivity contribution in [1.29, 1.82) is 0 Å². The van der Waals surface area contributed by atoms with E-state index in [0.29, 0.717) is 10.9 Å². The summed E-state index contributed by atoms with van der Waals surface area (Å²) < 4.78 is 13.5. The number of aromatic nitrogens is 2. The molecule has 0 aliphatic carbocycles. The van der Waals surface area contributed by atoms with Crippen molar-refractivity contribution in [2.24, 2.45) is 0 Å². The topological polar surface area (TPSA) is 57.8 Å². The van der Waals surface area contributed by atoms with E-state index in [4.69, 9.17) is 0 Å². The molecular weight excluding hydrogens is 289 g/mol. The lowest BCUT2D eigenvalue weighted by molar-refractivity contribution is 0.574. The van der Waals surface area contributed by atoms with E-state index in [1.807, 2.05) is 13.8 Å². The Hall–Kier alpha value is -1.66. The highest BCUT2D eigenvalue weighted by atomic mass is 32.2. The maximum Gasteiger partial charge on any atom is 0.251 e. The van der Waals surface area contributed by atoms with E-state index < -0.39 is 0 Å². The second kappa shape index (κ2) is 6.87. The second-order valence-electron chi connectivity index (χ2n) is 4.76. The lowest BCUT2D eigenvalue weighted by Gasteiger charge is -2.16. The Bertz CT molecular complexity index is 687. The van der Waals surface area contributed by atoms with Crippen LogP contribution in [0.3, 0.4) is 0 Å². The summed E-state index contributed by atoms with van der Waals surface area (Å²) in [5, 5.41) is 3.78. The first kappa shape index (κ1) is 15.7. The molecule has 21 heavy (non-hydrogen) atoms. The Balaban J connectivity index is 2.36. The quantitative estimate of drug-likeness (QED) is 0.834. The molecule has 1 atom stereocenters. The molecular formula is C15H18FN3OS. The molecule has 0 aliphatic rings. The smallest absolute Gasteiger partial charge is 0.251 e. The number of benzene rings is 1. The number of nitrogens with zero attached hydrogens (tertiary/aromatic N) is 1. The Kier molecular flexibility index (Phi) is 5.14. The van der Waals surface area contributed by atoms with Crippen molar-refractivity contribution in [2.45, 2.75) is 36.9 Å². The van der Waals surface area contributed by atoms with Crippen LogP contribution in [-0.4, -0.2) is 16.5 Å². The molecule has 4 nitrogen and oxygen atoms in total. The summed E-state index contributed by atoms with van der Waals surface area (Å²) in [6.45, 7) is 6.55. The molecule has 0 saturated carbocycles. The summed E-state index contributed by atoms with van der Waals surface area (Å²) in [6, 6.07) is 6.11. The largest absolute Gasteiger partial charge is 0.310 e. The average molecular weight is 307 g/mol. The lowest BCUT2D eigenvalue weighted by atomic mass is 10.1. The van der Waals surface area contributed by atoms with Crippen molar-refractivity contribution in [2.75, 3.05) is 6.54 Å². The van der Waals surface area contributed by atoms with Gasteiger partial charge in [0, 0.05) is 22.7 Å². The van der Waals surface area contributed by atoms with E-state index >= 15 is 0 Å². The van der Waals surface area contributed by atoms with Crippen LogP contribution in [0, 0.1) is 12.7 Å². The first-order valence-corrected chi connectivity index (χ1v) is 7.60. The minimum atomic E-state index is -0.273. The van der Waals surface area contributed by atoms with Gasteiger partial charge in [0.1, 0.15) is 5.82 Å². The van der Waals surface area contributed by atoms with Crippen LogP contribution in [0.2, 0.25) is 0 Å². The van der Waals surface area contributed by atoms with Crippen LogP contribution in [0.15, 0.2) is 39.1 Å². The molecule has 112 valence electrons. The zero-order valence-corrected chi connectivity index (χ0v) is 13.1. The summed E-state index contributed by atoms with van der Waals surface area (Å²) in [5.74, 6) is -0.273. The van der Waals surface area contributed by atoms with Gasteiger partial charge in [0.2, 0.25) is 0 Å². The van der Waals surface area contributed by atoms with Crippen LogP contribution in [0.5, 0.6) is 0 Å². The molecule has 2 aromatic rings. The van der Waals surface area contributed by atoms with Gasteiger partial charge < -0.3 is 10.3 Å². The normalized spacial score (nSPS) is 12.4. The minimum Gasteiger partial charge on any atom is -0.310 e. The lowest BCUT2D eigenvalue weighted by Crippen LogP contribution is -2.18. The van der Waals surface area contributed by atoms with E-state index in [-0.39, 0.29) is 17.4 Å². The number of H-pyrrole nitrogens is 1. The van der Waals surface area contributed by atoms with E-state index in [9.17, 15) is 9.18 Å². The monoisotopic (exact) mass is 307 g/mol. The van der Waals surface area contributed by atoms with Gasteiger partial charge in [-0.05, 0) is 44.2 Å². The predicted molar refractivity (Wildman–Crippen MR) is 82.2 cm³/mol. The predicted octanol–water partition coefficient (Wildman–Crippen LogP) is 3.04. The van der Waals surface area contributed by atoms with Gasteiger partial charge in [-0.1, -0.05) is 18.7 Å². The molecule has 0 amide bonds. The molecule has 0 bridgehead atoms. The molecule has 1 unspecified atom stereocenters. The van der Waals surface area contributed by atoms with Gasteiger partial charge in [0.25, 0.3) is 5.56 Å². The van der Waals surface area contributed by atoms with Crippen molar-refractivity contribution >= 4 is 11.8 Å². The van der Waals surface area contributed by atoms with Crippen LogP contribution in [0.4, 0.5) is 4.39 Å². The summed E-state index contributed by atoms with van der Waals surface area (Å²) in [4.78, 5) is 19.4. The molecule has 0 radical (unpaired) electrons. The fraction of sp³-hybridized carbons (Fsp3) is 0.333. The van der Waals surface area contributed by atoms with Crippen LogP contribution in [0.1, 0.15) is 31.1 Å². The molecule has 1 aromatic carbocycles. The fourth-order valence-electron chi connectivity index (χ4n) is 2.07. The van der Waals surface area contributed by atoms with Gasteiger partial charge in [0.05, 0.1) is 0 Å². The Morgan fingerprint density at radius 1 is 1.43 bits per heavy atom. The number of hydrogen-bond donors (Lipinski definition) is 2. The highest BCUT2D eigenvalue weighted by Crippen LogP contribution is 2.31. The van der Waals surface area contributed by atoms with Gasteiger partial charge in [-0.3, -0.25) is 4.79 Å². The molecule has 0 aliphatic heterocycles. The van der Waals surface area contributed by atoms with E-state index in [1.165, 1.54) is 30.0 Å². The van der Waals surface area contributed by atoms with Gasteiger partial charge >= 0.3 is 0 Å². The van der Waals surface area contributed by atoms with Gasteiger partial charge in [0.15, 0.2) is 5.16 Å². The van der Waals surface area contributed by atoms with Crippen molar-refractivity contribution in [3.63, 3.8) is 0 Å². The van der Waals surface area contributed by atoms with Crippen molar-refractivity contribution in [1.82, 2.24) is 15.3 Å². The maximum absolute atomic E-state index is 13.5. The summed E-state index contributed by atoms with van der Waals surface area (Å²) in [5.41, 5.74) is 1.32. The molecule has 6 heteroatoms. The zero-order chi connectivity index (χ0) is 15.4. The average Bonchev–Trinajstić information content (AvgIpc) is 2.40. The molecule has 0 fully saturated rings. The molecule has 0 saturated heterocycles. The first-order valence-electron chi connectivity index (χ1n) is 6.78. The fourth-order valence-corrected chi connectivity index (χ4v) is 3.11. The Morgan fingerprint density at radius 3 is 2.86 bits per heavy atom. The third-order valence-corrected chi connectivity index (χ3v) is 3.98. The number of aryl methyl sites for hydroxylation is 1. The summed E-state index contributed by atoms with van der Waals surface area (Å²) in [7, 11) is 0. The standard InChI is InChI=1S/C15H18FN3OS/c1-4-17-10(3)12-8-11(16)5-6-13(12)21-15-18-9(2)7-14(20)19-15/h5-8,10,17H,4H2,1-3H3,(H,18,19,20). The van der Waals surface area contributed by atoms with Gasteiger partial charge in [-0.2, -0.15) is 0 Å². The van der Waals surface area contributed by atoms with Crippen LogP contribution in [-0.2, 0) is 0 Å². The number of halogens is 1. The highest BCUT2D eigenvalue weighted by molar-refractivity contribution is 7.99. The van der Waals surface area contributed by atoms with Gasteiger partial charge in [-0.25, -0.2) is 9.37 Å². The molecule has 1 heterocycles. The van der Waals surface area contributed by atoms with Crippen molar-refractivity contribution < 1.29 is 4.39 Å². The summed E-state index contributed by atoms with van der Waals surface area (Å²) in [6.07, 6.45) is 0. The zero-order valence-electron chi connectivity index (χ0n) is 12.2. The maximum atomic E-state index is 13.5. The van der Waals surface area contributed by atoms with Crippen molar-refractivity contribution in [3.05, 3.63) is 51.7 Å². The second-order valence-corrected chi connectivity index (χ2v) is 5.79. The Labute approximate surface area is 127 Å². The Morgan fingerprint density at radius 2 is 2.19 bits per heavy atom. The molecule has 1 aromatic heterocycles. The van der Waals surface area contributed by atoms with E-state index in [1.54, 1.807) is 13.0 Å². The molecule has 0 spiro atoms. The number of hydrogen-bond acceptors (Lipinski definition) is 4. The van der Waals surface area contributed by atoms with Crippen molar-refractivity contribution in [3.8, 4) is 0 Å². The third-order valence-electron chi connectivity index (χ3n) is 3.00. The van der Waals surface area contributed by atoms with E-state index in [2.05, 4.69) is 15.3 Å². The van der Waals surface area contributed by atoms with E-state index in [0.717, 1.165) is 17.0 Å². The first-order chi connectivity index (χ1) is 9.99. The SMILES string of the molecule is CCNC(C)c1cc(F)ccc1Sc1nc(C)cc(=O)[nH]1. The van der Waals surface area contributed by atoms with Gasteiger partial charge in [-0.15, -0.1) is 0 Å². The number of nitrogens with one attached hydrogen (secondary N) is 2. The third kappa shape index (κ3) is 4.15. The van der Waals surface area contributed by atoms with Crippen LogP contribution in [0.25, 0.3) is 0 Å². The van der Waals surface area contributed by atoms with Crippen LogP contribution >= 0.6 is 11.8 Å². The molecule has 2 N–H and O–H groups in total. The minimum absolute atomic E-state index is 0.0183. The highest BCUT2D eigenvalue weighted by Gasteiger charge is 2.13. The van der Waals surface area contributed by atoms with Crippen LogP contribution < -0.4 is 10.9 Å². The molecule has 2 rings (SSSR count).